The monoisotopic (exact) mass is 437 g/mol. The molecule has 0 unspecified atom stereocenters. The van der Waals surface area contributed by atoms with E-state index in [4.69, 9.17) is 21.4 Å². The lowest BCUT2D eigenvalue weighted by molar-refractivity contribution is 0.0303. The third kappa shape index (κ3) is 4.69. The molecule has 3 rings (SSSR count). The first-order valence-electron chi connectivity index (χ1n) is 7.88. The number of halogens is 1. The molecule has 2 aromatic rings. The summed E-state index contributed by atoms with van der Waals surface area (Å²) in [5.74, 6) is -0.334. The molecule has 1 aliphatic rings. The summed E-state index contributed by atoms with van der Waals surface area (Å²) in [6, 6.07) is 10.1. The van der Waals surface area contributed by atoms with Crippen LogP contribution in [0.25, 0.3) is 0 Å². The minimum atomic E-state index is -0.452. The number of ether oxygens (including phenoxy) is 1. The van der Waals surface area contributed by atoms with Crippen LogP contribution >= 0.6 is 28.1 Å². The van der Waals surface area contributed by atoms with E-state index in [-0.39, 0.29) is 16.8 Å². The number of morpholine rings is 1. The van der Waals surface area contributed by atoms with Gasteiger partial charge in [-0.25, -0.2) is 0 Å². The van der Waals surface area contributed by atoms with Crippen LogP contribution < -0.4 is 10.6 Å². The highest BCUT2D eigenvalue weighted by Crippen LogP contribution is 2.15. The fourth-order valence-electron chi connectivity index (χ4n) is 2.41. The van der Waals surface area contributed by atoms with Crippen molar-refractivity contribution in [2.75, 3.05) is 31.6 Å². The van der Waals surface area contributed by atoms with Crippen molar-refractivity contribution in [2.45, 2.75) is 0 Å². The topological polar surface area (TPSA) is 83.8 Å². The average molecular weight is 438 g/mol. The van der Waals surface area contributed by atoms with Gasteiger partial charge in [0.2, 0.25) is 0 Å². The number of hydrogen-bond acceptors (Lipinski definition) is 5. The minimum absolute atomic E-state index is 0.0286. The molecule has 0 saturated carbocycles. The van der Waals surface area contributed by atoms with E-state index in [1.54, 1.807) is 35.2 Å². The van der Waals surface area contributed by atoms with Gasteiger partial charge in [-0.15, -0.1) is 0 Å². The number of carbonyl (C=O) groups excluding carboxylic acids is 2. The van der Waals surface area contributed by atoms with Crippen molar-refractivity contribution in [2.24, 2.45) is 0 Å². The van der Waals surface area contributed by atoms with Gasteiger partial charge in [-0.05, 0) is 64.5 Å². The summed E-state index contributed by atoms with van der Waals surface area (Å²) in [6.07, 6.45) is 0. The van der Waals surface area contributed by atoms with Crippen molar-refractivity contribution in [3.05, 3.63) is 52.4 Å². The maximum absolute atomic E-state index is 12.4. The van der Waals surface area contributed by atoms with Gasteiger partial charge in [0.25, 0.3) is 11.8 Å². The maximum Gasteiger partial charge on any atom is 0.293 e. The lowest BCUT2D eigenvalue weighted by Crippen LogP contribution is -2.40. The number of thiocarbonyl (C=S) groups is 1. The second-order valence-electron chi connectivity index (χ2n) is 5.49. The fraction of sp³-hybridized carbons (Fsp3) is 0.235. The summed E-state index contributed by atoms with van der Waals surface area (Å²) in [5.41, 5.74) is 1.25. The van der Waals surface area contributed by atoms with Crippen LogP contribution in [0.5, 0.6) is 0 Å². The SMILES string of the molecule is O=C(NC(=S)Nc1ccc(C(=O)N2CCOCC2)cc1)c1ccc(Br)o1. The van der Waals surface area contributed by atoms with Gasteiger partial charge in [0.1, 0.15) is 0 Å². The number of hydrogen-bond donors (Lipinski definition) is 2. The molecule has 136 valence electrons. The number of nitrogens with one attached hydrogen (secondary N) is 2. The predicted molar refractivity (Wildman–Crippen MR) is 103 cm³/mol. The van der Waals surface area contributed by atoms with Crippen molar-refractivity contribution >= 4 is 50.8 Å². The number of carbonyl (C=O) groups is 2. The molecule has 9 heteroatoms. The standard InChI is InChI=1S/C17H16BrN3O4S/c18-14-6-5-13(25-14)15(22)20-17(26)19-12-3-1-11(2-4-12)16(23)21-7-9-24-10-8-21/h1-6H,7-10H2,(H2,19,20,22,26). The summed E-state index contributed by atoms with van der Waals surface area (Å²) in [6.45, 7) is 2.31. The van der Waals surface area contributed by atoms with Crippen molar-refractivity contribution in [3.63, 3.8) is 0 Å². The van der Waals surface area contributed by atoms with E-state index in [2.05, 4.69) is 26.6 Å². The number of nitrogens with zero attached hydrogens (tertiary/aromatic N) is 1. The van der Waals surface area contributed by atoms with Gasteiger partial charge in [-0.2, -0.15) is 0 Å². The summed E-state index contributed by atoms with van der Waals surface area (Å²) >= 11 is 8.25. The molecule has 1 aliphatic heterocycles. The highest BCUT2D eigenvalue weighted by atomic mass is 79.9. The quantitative estimate of drug-likeness (QED) is 0.718. The van der Waals surface area contributed by atoms with Gasteiger partial charge in [-0.3, -0.25) is 14.9 Å². The lowest BCUT2D eigenvalue weighted by atomic mass is 10.1. The first-order chi connectivity index (χ1) is 12.5. The molecule has 0 aliphatic carbocycles. The molecule has 2 amide bonds. The van der Waals surface area contributed by atoms with Gasteiger partial charge >= 0.3 is 0 Å². The second kappa shape index (κ2) is 8.43. The van der Waals surface area contributed by atoms with Gasteiger partial charge in [0.15, 0.2) is 15.5 Å². The van der Waals surface area contributed by atoms with Crippen LogP contribution in [0.3, 0.4) is 0 Å². The van der Waals surface area contributed by atoms with E-state index in [1.165, 1.54) is 6.07 Å². The Balaban J connectivity index is 1.55. The van der Waals surface area contributed by atoms with Crippen LogP contribution in [0, 0.1) is 0 Å². The van der Waals surface area contributed by atoms with Crippen LogP contribution in [0.2, 0.25) is 0 Å². The molecule has 1 saturated heterocycles. The van der Waals surface area contributed by atoms with E-state index >= 15 is 0 Å². The van der Waals surface area contributed by atoms with Gasteiger partial charge in [0, 0.05) is 24.3 Å². The second-order valence-corrected chi connectivity index (χ2v) is 6.68. The number of amides is 2. The van der Waals surface area contributed by atoms with Crippen LogP contribution in [-0.4, -0.2) is 48.1 Å². The zero-order valence-corrected chi connectivity index (χ0v) is 16.1. The van der Waals surface area contributed by atoms with Crippen molar-refractivity contribution in [1.29, 1.82) is 0 Å². The fourth-order valence-corrected chi connectivity index (χ4v) is 2.93. The third-order valence-electron chi connectivity index (χ3n) is 3.71. The first-order valence-corrected chi connectivity index (χ1v) is 9.08. The molecule has 2 N–H and O–H groups in total. The van der Waals surface area contributed by atoms with Gasteiger partial charge in [0.05, 0.1) is 13.2 Å². The summed E-state index contributed by atoms with van der Waals surface area (Å²) in [7, 11) is 0. The van der Waals surface area contributed by atoms with Gasteiger partial charge in [-0.1, -0.05) is 0 Å². The highest BCUT2D eigenvalue weighted by Gasteiger charge is 2.18. The van der Waals surface area contributed by atoms with Crippen molar-refractivity contribution < 1.29 is 18.7 Å². The largest absolute Gasteiger partial charge is 0.444 e. The highest BCUT2D eigenvalue weighted by molar-refractivity contribution is 9.10. The van der Waals surface area contributed by atoms with E-state index < -0.39 is 5.91 Å². The zero-order chi connectivity index (χ0) is 18.5. The molecular weight excluding hydrogens is 422 g/mol. The first kappa shape index (κ1) is 18.6. The minimum Gasteiger partial charge on any atom is -0.444 e. The van der Waals surface area contributed by atoms with Crippen molar-refractivity contribution in [1.82, 2.24) is 10.2 Å². The number of anilines is 1. The molecule has 2 heterocycles. The molecule has 0 bridgehead atoms. The molecule has 0 spiro atoms. The van der Waals surface area contributed by atoms with E-state index in [1.807, 2.05) is 0 Å². The molecule has 0 radical (unpaired) electrons. The number of furan rings is 1. The molecule has 0 atom stereocenters. The Morgan fingerprint density at radius 1 is 1.08 bits per heavy atom. The normalized spacial score (nSPS) is 14.0. The number of rotatable bonds is 3. The maximum atomic E-state index is 12.4. The molecule has 7 nitrogen and oxygen atoms in total. The average Bonchev–Trinajstić information content (AvgIpc) is 3.09. The number of benzene rings is 1. The molecule has 26 heavy (non-hydrogen) atoms. The molecule has 1 fully saturated rings. The Morgan fingerprint density at radius 3 is 2.38 bits per heavy atom. The zero-order valence-electron chi connectivity index (χ0n) is 13.7. The van der Waals surface area contributed by atoms with Crippen molar-refractivity contribution in [3.8, 4) is 0 Å². The van der Waals surface area contributed by atoms with Crippen LogP contribution in [0.4, 0.5) is 5.69 Å². The lowest BCUT2D eigenvalue weighted by Gasteiger charge is -2.26. The van der Waals surface area contributed by atoms with E-state index in [0.29, 0.717) is 42.2 Å². The van der Waals surface area contributed by atoms with Crippen LogP contribution in [0.1, 0.15) is 20.9 Å². The Labute approximate surface area is 163 Å². The van der Waals surface area contributed by atoms with E-state index in [9.17, 15) is 9.59 Å². The third-order valence-corrected chi connectivity index (χ3v) is 4.34. The summed E-state index contributed by atoms with van der Waals surface area (Å²) < 4.78 is 10.9. The summed E-state index contributed by atoms with van der Waals surface area (Å²) in [5, 5.41) is 5.56. The predicted octanol–water partition coefficient (Wildman–Crippen LogP) is 2.64. The molecule has 1 aromatic heterocycles. The Morgan fingerprint density at radius 2 is 1.77 bits per heavy atom. The Bertz CT molecular complexity index is 816. The summed E-state index contributed by atoms with van der Waals surface area (Å²) in [4.78, 5) is 26.1. The molecule has 1 aromatic carbocycles. The Hall–Kier alpha value is -2.23. The van der Waals surface area contributed by atoms with Crippen LogP contribution in [0.15, 0.2) is 45.5 Å². The van der Waals surface area contributed by atoms with E-state index in [0.717, 1.165) is 0 Å². The Kier molecular flexibility index (Phi) is 6.02. The van der Waals surface area contributed by atoms with Gasteiger partial charge < -0.3 is 19.4 Å². The van der Waals surface area contributed by atoms with Crippen LogP contribution in [-0.2, 0) is 4.74 Å². The smallest absolute Gasteiger partial charge is 0.293 e. The molecular formula is C17H16BrN3O4S.